The first-order valence-corrected chi connectivity index (χ1v) is 7.96. The van der Waals surface area contributed by atoms with Crippen molar-refractivity contribution < 1.29 is 9.82 Å². The van der Waals surface area contributed by atoms with E-state index in [9.17, 15) is 9.82 Å². The number of aromatic amines is 1. The third kappa shape index (κ3) is 2.57. The maximum absolute atomic E-state index is 13.2. The standard InChI is InChI=1S/C16H22BN3O2/c1-3-6-16(7-8-20(11-16)17(2)22)15(21)12-4-5-14-13(9-12)10-18-19-14/h4-5,9-10,22H,3,6-8,11H2,1-2H3,(H,18,19). The van der Waals surface area contributed by atoms with E-state index in [1.165, 1.54) is 0 Å². The molecular formula is C16H22BN3O2. The summed E-state index contributed by atoms with van der Waals surface area (Å²) in [5.74, 6) is 0.195. The summed E-state index contributed by atoms with van der Waals surface area (Å²) in [5.41, 5.74) is 1.32. The molecule has 1 saturated heterocycles. The van der Waals surface area contributed by atoms with Crippen LogP contribution in [0.5, 0.6) is 0 Å². The predicted molar refractivity (Wildman–Crippen MR) is 87.8 cm³/mol. The molecule has 2 N–H and O–H groups in total. The van der Waals surface area contributed by atoms with Crippen LogP contribution in [0.25, 0.3) is 10.9 Å². The van der Waals surface area contributed by atoms with Gasteiger partial charge in [0.05, 0.1) is 11.7 Å². The van der Waals surface area contributed by atoms with Crippen LogP contribution in [0.3, 0.4) is 0 Å². The topological polar surface area (TPSA) is 69.2 Å². The van der Waals surface area contributed by atoms with Crippen molar-refractivity contribution >= 4 is 23.7 Å². The number of rotatable bonds is 5. The van der Waals surface area contributed by atoms with Crippen LogP contribution in [0, 0.1) is 5.41 Å². The molecular weight excluding hydrogens is 277 g/mol. The minimum absolute atomic E-state index is 0.195. The van der Waals surface area contributed by atoms with Gasteiger partial charge in [0.15, 0.2) is 5.78 Å². The smallest absolute Gasteiger partial charge is 0.376 e. The summed E-state index contributed by atoms with van der Waals surface area (Å²) in [7, 11) is -0.497. The number of benzene rings is 1. The average molecular weight is 299 g/mol. The van der Waals surface area contributed by atoms with E-state index in [2.05, 4.69) is 17.1 Å². The lowest BCUT2D eigenvalue weighted by Gasteiger charge is -2.28. The molecule has 5 nitrogen and oxygen atoms in total. The van der Waals surface area contributed by atoms with Gasteiger partial charge in [0.2, 0.25) is 0 Å². The van der Waals surface area contributed by atoms with Crippen molar-refractivity contribution in [1.82, 2.24) is 15.0 Å². The molecule has 1 aromatic heterocycles. The fourth-order valence-corrected chi connectivity index (χ4v) is 3.60. The molecule has 0 amide bonds. The Morgan fingerprint density at radius 3 is 3.05 bits per heavy atom. The van der Waals surface area contributed by atoms with E-state index in [-0.39, 0.29) is 11.2 Å². The van der Waals surface area contributed by atoms with Crippen molar-refractivity contribution in [3.8, 4) is 0 Å². The van der Waals surface area contributed by atoms with E-state index in [0.29, 0.717) is 6.54 Å². The third-order valence-corrected chi connectivity index (χ3v) is 4.82. The SMILES string of the molecule is CCCC1(C(=O)c2ccc3[nH]ncc3c2)CCN(B(C)O)C1. The van der Waals surface area contributed by atoms with Gasteiger partial charge in [-0.15, -0.1) is 0 Å². The van der Waals surface area contributed by atoms with Crippen molar-refractivity contribution in [2.24, 2.45) is 5.41 Å². The van der Waals surface area contributed by atoms with Crippen LogP contribution < -0.4 is 0 Å². The van der Waals surface area contributed by atoms with Crippen LogP contribution in [-0.2, 0) is 0 Å². The normalized spacial score (nSPS) is 22.3. The molecule has 1 unspecified atom stereocenters. The second-order valence-electron chi connectivity index (χ2n) is 6.38. The Kier molecular flexibility index (Phi) is 4.06. The van der Waals surface area contributed by atoms with E-state index in [0.717, 1.165) is 42.3 Å². The van der Waals surface area contributed by atoms with Gasteiger partial charge in [0.25, 0.3) is 0 Å². The number of nitrogens with zero attached hydrogens (tertiary/aromatic N) is 2. The number of carbonyl (C=O) groups is 1. The Morgan fingerprint density at radius 1 is 1.55 bits per heavy atom. The molecule has 2 heterocycles. The maximum atomic E-state index is 13.2. The number of fused-ring (bicyclic) bond motifs is 1. The van der Waals surface area contributed by atoms with Gasteiger partial charge in [-0.3, -0.25) is 9.89 Å². The third-order valence-electron chi connectivity index (χ3n) is 4.82. The summed E-state index contributed by atoms with van der Waals surface area (Å²) in [5, 5.41) is 17.7. The fourth-order valence-electron chi connectivity index (χ4n) is 3.60. The van der Waals surface area contributed by atoms with E-state index >= 15 is 0 Å². The van der Waals surface area contributed by atoms with Crippen molar-refractivity contribution in [2.75, 3.05) is 13.1 Å². The van der Waals surface area contributed by atoms with Crippen molar-refractivity contribution in [2.45, 2.75) is 33.0 Å². The van der Waals surface area contributed by atoms with E-state index in [1.54, 1.807) is 13.0 Å². The molecule has 0 saturated carbocycles. The Labute approximate surface area is 130 Å². The Balaban J connectivity index is 1.92. The van der Waals surface area contributed by atoms with Gasteiger partial charge in [-0.05, 0) is 44.4 Å². The predicted octanol–water partition coefficient (Wildman–Crippen LogP) is 2.35. The molecule has 0 aliphatic carbocycles. The second-order valence-corrected chi connectivity index (χ2v) is 6.38. The first-order chi connectivity index (χ1) is 10.6. The lowest BCUT2D eigenvalue weighted by atomic mass is 9.75. The number of Topliss-reactive ketones (excluding diaryl/α,β-unsaturated/α-hetero) is 1. The lowest BCUT2D eigenvalue weighted by molar-refractivity contribution is 0.0792. The van der Waals surface area contributed by atoms with Gasteiger partial charge in [0, 0.05) is 22.9 Å². The molecule has 1 aromatic carbocycles. The van der Waals surface area contributed by atoms with Crippen molar-refractivity contribution in [1.29, 1.82) is 0 Å². The van der Waals surface area contributed by atoms with E-state index in [4.69, 9.17) is 0 Å². The highest BCUT2D eigenvalue weighted by atomic mass is 16.2. The van der Waals surface area contributed by atoms with Crippen LogP contribution >= 0.6 is 0 Å². The second kappa shape index (κ2) is 5.86. The molecule has 1 aliphatic rings. The zero-order valence-corrected chi connectivity index (χ0v) is 13.2. The van der Waals surface area contributed by atoms with Gasteiger partial charge < -0.3 is 9.83 Å². The Hall–Kier alpha value is -1.66. The molecule has 22 heavy (non-hydrogen) atoms. The molecule has 3 rings (SSSR count). The molecule has 0 radical (unpaired) electrons. The Bertz CT molecular complexity index is 685. The van der Waals surface area contributed by atoms with Gasteiger partial charge in [-0.25, -0.2) is 0 Å². The number of H-pyrrole nitrogens is 1. The molecule has 116 valence electrons. The van der Waals surface area contributed by atoms with Gasteiger partial charge in [-0.1, -0.05) is 13.3 Å². The van der Waals surface area contributed by atoms with E-state index < -0.39 is 7.05 Å². The number of carbonyl (C=O) groups excluding carboxylic acids is 1. The van der Waals surface area contributed by atoms with Crippen LogP contribution in [0.2, 0.25) is 6.82 Å². The summed E-state index contributed by atoms with van der Waals surface area (Å²) >= 11 is 0. The fraction of sp³-hybridized carbons (Fsp3) is 0.500. The molecule has 1 atom stereocenters. The molecule has 0 spiro atoms. The molecule has 6 heteroatoms. The summed E-state index contributed by atoms with van der Waals surface area (Å²) < 4.78 is 0. The maximum Gasteiger partial charge on any atom is 0.376 e. The highest BCUT2D eigenvalue weighted by molar-refractivity contribution is 6.45. The minimum Gasteiger partial charge on any atom is -0.437 e. The van der Waals surface area contributed by atoms with Crippen molar-refractivity contribution in [3.63, 3.8) is 0 Å². The number of aromatic nitrogens is 2. The number of hydrogen-bond acceptors (Lipinski definition) is 4. The minimum atomic E-state index is -0.497. The van der Waals surface area contributed by atoms with Gasteiger partial charge in [-0.2, -0.15) is 5.10 Å². The van der Waals surface area contributed by atoms with Crippen LogP contribution in [0.1, 0.15) is 36.5 Å². The highest BCUT2D eigenvalue weighted by Gasteiger charge is 2.45. The largest absolute Gasteiger partial charge is 0.437 e. The summed E-state index contributed by atoms with van der Waals surface area (Å²) in [6.45, 7) is 5.29. The van der Waals surface area contributed by atoms with Gasteiger partial charge in [0.1, 0.15) is 0 Å². The number of ketones is 1. The number of nitrogens with one attached hydrogen (secondary N) is 1. The lowest BCUT2D eigenvalue weighted by Crippen LogP contribution is -2.40. The first-order valence-electron chi connectivity index (χ1n) is 7.96. The van der Waals surface area contributed by atoms with Crippen LogP contribution in [-0.4, -0.2) is 46.0 Å². The summed E-state index contributed by atoms with van der Waals surface area (Å²) in [6, 6.07) is 5.71. The molecule has 1 fully saturated rings. The summed E-state index contributed by atoms with van der Waals surface area (Å²) in [4.78, 5) is 15.1. The summed E-state index contributed by atoms with van der Waals surface area (Å²) in [6.07, 6.45) is 4.38. The van der Waals surface area contributed by atoms with Crippen LogP contribution in [0.4, 0.5) is 0 Å². The first kappa shape index (κ1) is 15.2. The van der Waals surface area contributed by atoms with Crippen LogP contribution in [0.15, 0.2) is 24.4 Å². The quantitative estimate of drug-likeness (QED) is 0.657. The molecule has 0 bridgehead atoms. The monoisotopic (exact) mass is 299 g/mol. The molecule has 1 aliphatic heterocycles. The average Bonchev–Trinajstić information content (AvgIpc) is 3.13. The molecule has 2 aromatic rings. The van der Waals surface area contributed by atoms with E-state index in [1.807, 2.05) is 23.0 Å². The zero-order chi connectivity index (χ0) is 15.7. The zero-order valence-electron chi connectivity index (χ0n) is 13.2. The highest BCUT2D eigenvalue weighted by Crippen LogP contribution is 2.39. The van der Waals surface area contributed by atoms with Crippen molar-refractivity contribution in [3.05, 3.63) is 30.0 Å². The van der Waals surface area contributed by atoms with Gasteiger partial charge >= 0.3 is 7.05 Å². The number of hydrogen-bond donors (Lipinski definition) is 2. The Morgan fingerprint density at radius 2 is 2.36 bits per heavy atom.